The topological polar surface area (TPSA) is 61.5 Å². The molecule has 0 aromatic rings. The van der Waals surface area contributed by atoms with Gasteiger partial charge in [0.05, 0.1) is 13.2 Å². The van der Waals surface area contributed by atoms with Gasteiger partial charge in [0.2, 0.25) is 0 Å². The van der Waals surface area contributed by atoms with Crippen molar-refractivity contribution in [2.24, 2.45) is 5.73 Å². The minimum Gasteiger partial charge on any atom is -0.466 e. The normalized spacial score (nSPS) is 18.5. The SMILES string of the molecule is CCOC(=O)CCCCCOCC1(N)CCCCCC1. The van der Waals surface area contributed by atoms with Crippen molar-refractivity contribution in [2.75, 3.05) is 19.8 Å². The fourth-order valence-electron chi connectivity index (χ4n) is 2.74. The third kappa shape index (κ3) is 7.85. The van der Waals surface area contributed by atoms with E-state index in [0.717, 1.165) is 38.7 Å². The number of carbonyl (C=O) groups is 1. The van der Waals surface area contributed by atoms with Crippen LogP contribution in [-0.2, 0) is 14.3 Å². The summed E-state index contributed by atoms with van der Waals surface area (Å²) in [6.45, 7) is 3.75. The molecule has 1 aliphatic carbocycles. The third-order valence-corrected chi connectivity index (χ3v) is 3.96. The molecule has 1 aliphatic rings. The Kier molecular flexibility index (Phi) is 8.86. The largest absolute Gasteiger partial charge is 0.466 e. The highest BCUT2D eigenvalue weighted by Crippen LogP contribution is 2.25. The van der Waals surface area contributed by atoms with Gasteiger partial charge in [-0.15, -0.1) is 0 Å². The van der Waals surface area contributed by atoms with Gasteiger partial charge in [-0.25, -0.2) is 0 Å². The van der Waals surface area contributed by atoms with E-state index in [-0.39, 0.29) is 11.5 Å². The molecule has 0 amide bonds. The Morgan fingerprint density at radius 1 is 1.10 bits per heavy atom. The zero-order valence-corrected chi connectivity index (χ0v) is 13.0. The molecule has 0 radical (unpaired) electrons. The quantitative estimate of drug-likeness (QED) is 0.401. The van der Waals surface area contributed by atoms with Crippen LogP contribution in [0.3, 0.4) is 0 Å². The molecule has 1 saturated carbocycles. The molecule has 0 heterocycles. The average Bonchev–Trinajstić information content (AvgIpc) is 2.63. The van der Waals surface area contributed by atoms with Crippen LogP contribution in [0, 0.1) is 0 Å². The first kappa shape index (κ1) is 17.4. The van der Waals surface area contributed by atoms with Crippen LogP contribution < -0.4 is 5.73 Å². The van der Waals surface area contributed by atoms with E-state index in [0.29, 0.717) is 19.6 Å². The van der Waals surface area contributed by atoms with E-state index in [1.807, 2.05) is 6.92 Å². The first-order valence-electron chi connectivity index (χ1n) is 8.18. The van der Waals surface area contributed by atoms with Gasteiger partial charge < -0.3 is 15.2 Å². The summed E-state index contributed by atoms with van der Waals surface area (Å²) >= 11 is 0. The number of carbonyl (C=O) groups excluding carboxylic acids is 1. The van der Waals surface area contributed by atoms with Gasteiger partial charge in [0.25, 0.3) is 0 Å². The van der Waals surface area contributed by atoms with E-state index in [9.17, 15) is 4.79 Å². The van der Waals surface area contributed by atoms with Crippen LogP contribution in [-0.4, -0.2) is 31.3 Å². The van der Waals surface area contributed by atoms with Crippen LogP contribution in [0.25, 0.3) is 0 Å². The van der Waals surface area contributed by atoms with Crippen molar-refractivity contribution in [1.29, 1.82) is 0 Å². The zero-order valence-electron chi connectivity index (χ0n) is 13.0. The molecule has 0 aromatic carbocycles. The molecule has 0 saturated heterocycles. The smallest absolute Gasteiger partial charge is 0.305 e. The molecule has 0 aromatic heterocycles. The fraction of sp³-hybridized carbons (Fsp3) is 0.938. The Morgan fingerprint density at radius 3 is 2.45 bits per heavy atom. The van der Waals surface area contributed by atoms with Gasteiger partial charge in [-0.3, -0.25) is 4.79 Å². The van der Waals surface area contributed by atoms with Gasteiger partial charge >= 0.3 is 5.97 Å². The van der Waals surface area contributed by atoms with Crippen molar-refractivity contribution in [1.82, 2.24) is 0 Å². The Morgan fingerprint density at radius 2 is 1.80 bits per heavy atom. The van der Waals surface area contributed by atoms with E-state index in [1.54, 1.807) is 0 Å². The molecule has 2 N–H and O–H groups in total. The Labute approximate surface area is 123 Å². The number of hydrogen-bond donors (Lipinski definition) is 1. The summed E-state index contributed by atoms with van der Waals surface area (Å²) in [6.07, 6.45) is 10.7. The van der Waals surface area contributed by atoms with Crippen molar-refractivity contribution in [3.05, 3.63) is 0 Å². The highest BCUT2D eigenvalue weighted by molar-refractivity contribution is 5.69. The minimum absolute atomic E-state index is 0.0900. The lowest BCUT2D eigenvalue weighted by molar-refractivity contribution is -0.143. The summed E-state index contributed by atoms with van der Waals surface area (Å²) in [7, 11) is 0. The van der Waals surface area contributed by atoms with Crippen molar-refractivity contribution >= 4 is 5.97 Å². The Hall–Kier alpha value is -0.610. The maximum Gasteiger partial charge on any atom is 0.305 e. The van der Waals surface area contributed by atoms with Crippen LogP contribution in [0.2, 0.25) is 0 Å². The molecule has 4 heteroatoms. The lowest BCUT2D eigenvalue weighted by atomic mass is 9.93. The highest BCUT2D eigenvalue weighted by Gasteiger charge is 2.26. The molecular formula is C16H31NO3. The highest BCUT2D eigenvalue weighted by atomic mass is 16.5. The summed E-state index contributed by atoms with van der Waals surface area (Å²) in [5, 5.41) is 0. The predicted molar refractivity (Wildman–Crippen MR) is 80.5 cm³/mol. The second-order valence-corrected chi connectivity index (χ2v) is 5.94. The van der Waals surface area contributed by atoms with Gasteiger partial charge in [0.15, 0.2) is 0 Å². The molecule has 0 aliphatic heterocycles. The second kappa shape index (κ2) is 10.2. The van der Waals surface area contributed by atoms with E-state index in [2.05, 4.69) is 0 Å². The summed E-state index contributed by atoms with van der Waals surface area (Å²) in [5.41, 5.74) is 6.29. The molecule has 1 rings (SSSR count). The first-order chi connectivity index (χ1) is 9.66. The lowest BCUT2D eigenvalue weighted by Crippen LogP contribution is -2.44. The second-order valence-electron chi connectivity index (χ2n) is 5.94. The molecule has 0 unspecified atom stereocenters. The van der Waals surface area contributed by atoms with E-state index < -0.39 is 0 Å². The number of ether oxygens (including phenoxy) is 2. The van der Waals surface area contributed by atoms with Crippen molar-refractivity contribution in [3.63, 3.8) is 0 Å². The number of nitrogens with two attached hydrogens (primary N) is 1. The molecular weight excluding hydrogens is 254 g/mol. The maximum atomic E-state index is 11.1. The van der Waals surface area contributed by atoms with Crippen LogP contribution in [0.15, 0.2) is 0 Å². The molecule has 20 heavy (non-hydrogen) atoms. The molecule has 118 valence electrons. The standard InChI is InChI=1S/C16H31NO3/c1-2-20-15(18)10-6-5-9-13-19-14-16(17)11-7-3-4-8-12-16/h2-14,17H2,1H3. The van der Waals surface area contributed by atoms with Crippen LogP contribution >= 0.6 is 0 Å². The zero-order chi connectivity index (χ0) is 14.7. The molecule has 0 bridgehead atoms. The van der Waals surface area contributed by atoms with Gasteiger partial charge in [-0.1, -0.05) is 32.1 Å². The third-order valence-electron chi connectivity index (χ3n) is 3.96. The Balaban J connectivity index is 1.97. The van der Waals surface area contributed by atoms with Crippen molar-refractivity contribution in [3.8, 4) is 0 Å². The van der Waals surface area contributed by atoms with E-state index >= 15 is 0 Å². The van der Waals surface area contributed by atoms with Gasteiger partial charge in [0.1, 0.15) is 0 Å². The minimum atomic E-state index is -0.0958. The maximum absolute atomic E-state index is 11.1. The summed E-state index contributed by atoms with van der Waals surface area (Å²) in [6, 6.07) is 0. The number of esters is 1. The fourth-order valence-corrected chi connectivity index (χ4v) is 2.74. The monoisotopic (exact) mass is 285 g/mol. The summed E-state index contributed by atoms with van der Waals surface area (Å²) < 4.78 is 10.6. The molecule has 4 nitrogen and oxygen atoms in total. The number of rotatable bonds is 9. The average molecular weight is 285 g/mol. The van der Waals surface area contributed by atoms with Crippen LogP contribution in [0.4, 0.5) is 0 Å². The van der Waals surface area contributed by atoms with Gasteiger partial charge in [0, 0.05) is 18.6 Å². The Bertz CT molecular complexity index is 260. The van der Waals surface area contributed by atoms with Gasteiger partial charge in [-0.2, -0.15) is 0 Å². The van der Waals surface area contributed by atoms with E-state index in [1.165, 1.54) is 25.7 Å². The van der Waals surface area contributed by atoms with Crippen LogP contribution in [0.1, 0.15) is 71.1 Å². The van der Waals surface area contributed by atoms with Crippen molar-refractivity contribution in [2.45, 2.75) is 76.7 Å². The van der Waals surface area contributed by atoms with Crippen molar-refractivity contribution < 1.29 is 14.3 Å². The van der Waals surface area contributed by atoms with Crippen LogP contribution in [0.5, 0.6) is 0 Å². The first-order valence-corrected chi connectivity index (χ1v) is 8.18. The summed E-state index contributed by atoms with van der Waals surface area (Å²) in [5.74, 6) is -0.0900. The lowest BCUT2D eigenvalue weighted by Gasteiger charge is -2.27. The molecule has 1 fully saturated rings. The number of hydrogen-bond acceptors (Lipinski definition) is 4. The van der Waals surface area contributed by atoms with Gasteiger partial charge in [-0.05, 0) is 32.6 Å². The molecule has 0 spiro atoms. The number of unbranched alkanes of at least 4 members (excludes halogenated alkanes) is 2. The molecule has 0 atom stereocenters. The summed E-state index contributed by atoms with van der Waals surface area (Å²) in [4.78, 5) is 11.1. The van der Waals surface area contributed by atoms with E-state index in [4.69, 9.17) is 15.2 Å². The predicted octanol–water partition coefficient (Wildman–Crippen LogP) is 3.18.